The highest BCUT2D eigenvalue weighted by molar-refractivity contribution is 6.74. The Morgan fingerprint density at radius 1 is 1.00 bits per heavy atom. The van der Waals surface area contributed by atoms with Crippen LogP contribution >= 0.6 is 0 Å². The summed E-state index contributed by atoms with van der Waals surface area (Å²) >= 11 is 0. The number of ether oxygens (including phenoxy) is 2. The van der Waals surface area contributed by atoms with E-state index in [1.165, 1.54) is 5.56 Å². The fourth-order valence-corrected chi connectivity index (χ4v) is 2.62. The lowest BCUT2D eigenvalue weighted by Crippen LogP contribution is -2.41. The lowest BCUT2D eigenvalue weighted by Gasteiger charge is -2.36. The molecule has 1 aromatic rings. The molecule has 21 heavy (non-hydrogen) atoms. The van der Waals surface area contributed by atoms with Crippen molar-refractivity contribution >= 4 is 8.32 Å². The Hall–Kier alpha value is -0.843. The average molecular weight is 311 g/mol. The van der Waals surface area contributed by atoms with Crippen molar-refractivity contribution < 1.29 is 13.9 Å². The van der Waals surface area contributed by atoms with E-state index in [1.807, 2.05) is 18.2 Å². The summed E-state index contributed by atoms with van der Waals surface area (Å²) in [6, 6.07) is 8.05. The van der Waals surface area contributed by atoms with Crippen LogP contribution in [0.1, 0.15) is 26.3 Å². The van der Waals surface area contributed by atoms with Crippen LogP contribution < -0.4 is 4.74 Å². The van der Waals surface area contributed by atoms with Gasteiger partial charge in [0.05, 0.1) is 19.8 Å². The largest absolute Gasteiger partial charge is 0.491 e. The molecule has 1 aromatic carbocycles. The summed E-state index contributed by atoms with van der Waals surface area (Å²) < 4.78 is 17.2. The molecule has 0 aliphatic rings. The normalized spacial score (nSPS) is 12.5. The van der Waals surface area contributed by atoms with Gasteiger partial charge in [0.1, 0.15) is 12.4 Å². The molecule has 1 rings (SSSR count). The SMILES string of the molecule is Cc1cccc(OCCOCCO[Si](C)(C)C(C)(C)C)c1. The quantitative estimate of drug-likeness (QED) is 0.526. The van der Waals surface area contributed by atoms with Crippen molar-refractivity contribution in [2.45, 2.75) is 45.8 Å². The topological polar surface area (TPSA) is 27.7 Å². The maximum absolute atomic E-state index is 6.05. The van der Waals surface area contributed by atoms with E-state index in [4.69, 9.17) is 13.9 Å². The highest BCUT2D eigenvalue weighted by Gasteiger charge is 2.36. The predicted molar refractivity (Wildman–Crippen MR) is 90.6 cm³/mol. The molecule has 0 N–H and O–H groups in total. The molecule has 0 bridgehead atoms. The van der Waals surface area contributed by atoms with Crippen LogP contribution in [-0.4, -0.2) is 34.7 Å². The predicted octanol–water partition coefficient (Wildman–Crippen LogP) is 4.41. The van der Waals surface area contributed by atoms with Crippen molar-refractivity contribution in [1.82, 2.24) is 0 Å². The van der Waals surface area contributed by atoms with Gasteiger partial charge in [0.15, 0.2) is 8.32 Å². The summed E-state index contributed by atoms with van der Waals surface area (Å²) in [5, 5.41) is 0.251. The highest BCUT2D eigenvalue weighted by atomic mass is 28.4. The van der Waals surface area contributed by atoms with Gasteiger partial charge in [-0.3, -0.25) is 0 Å². The second-order valence-electron chi connectivity index (χ2n) is 6.89. The van der Waals surface area contributed by atoms with Crippen molar-refractivity contribution in [3.05, 3.63) is 29.8 Å². The van der Waals surface area contributed by atoms with Crippen molar-refractivity contribution in [2.75, 3.05) is 26.4 Å². The van der Waals surface area contributed by atoms with Crippen LogP contribution in [0.15, 0.2) is 24.3 Å². The Morgan fingerprint density at radius 2 is 1.67 bits per heavy atom. The number of hydrogen-bond acceptors (Lipinski definition) is 3. The van der Waals surface area contributed by atoms with Gasteiger partial charge in [-0.05, 0) is 42.8 Å². The Labute approximate surface area is 130 Å². The minimum Gasteiger partial charge on any atom is -0.491 e. The Balaban J connectivity index is 2.10. The van der Waals surface area contributed by atoms with Gasteiger partial charge in [0, 0.05) is 0 Å². The van der Waals surface area contributed by atoms with Crippen LogP contribution in [0.25, 0.3) is 0 Å². The van der Waals surface area contributed by atoms with E-state index < -0.39 is 8.32 Å². The summed E-state index contributed by atoms with van der Waals surface area (Å²) in [5.41, 5.74) is 1.20. The monoisotopic (exact) mass is 310 g/mol. The smallest absolute Gasteiger partial charge is 0.192 e. The molecule has 3 nitrogen and oxygen atoms in total. The van der Waals surface area contributed by atoms with Crippen LogP contribution in [0.5, 0.6) is 5.75 Å². The Morgan fingerprint density at radius 3 is 2.29 bits per heavy atom. The number of benzene rings is 1. The highest BCUT2D eigenvalue weighted by Crippen LogP contribution is 2.36. The first-order chi connectivity index (χ1) is 9.72. The fourth-order valence-electron chi connectivity index (χ4n) is 1.60. The molecule has 0 atom stereocenters. The zero-order chi connectivity index (χ0) is 15.9. The lowest BCUT2D eigenvalue weighted by molar-refractivity contribution is 0.0730. The van der Waals surface area contributed by atoms with Gasteiger partial charge in [-0.1, -0.05) is 32.9 Å². The molecule has 120 valence electrons. The lowest BCUT2D eigenvalue weighted by atomic mass is 10.2. The zero-order valence-corrected chi connectivity index (χ0v) is 15.4. The molecule has 0 unspecified atom stereocenters. The summed E-state index contributed by atoms with van der Waals surface area (Å²) in [4.78, 5) is 0. The van der Waals surface area contributed by atoms with Crippen LogP contribution in [-0.2, 0) is 9.16 Å². The summed E-state index contributed by atoms with van der Waals surface area (Å²) in [6.07, 6.45) is 0. The molecule has 0 amide bonds. The van der Waals surface area contributed by atoms with Crippen LogP contribution in [0.4, 0.5) is 0 Å². The molecule has 0 spiro atoms. The molecule has 0 radical (unpaired) electrons. The van der Waals surface area contributed by atoms with Crippen molar-refractivity contribution in [3.63, 3.8) is 0 Å². The molecule has 0 aliphatic carbocycles. The fraction of sp³-hybridized carbons (Fsp3) is 0.647. The Bertz CT molecular complexity index is 424. The third kappa shape index (κ3) is 6.63. The first kappa shape index (κ1) is 18.2. The van der Waals surface area contributed by atoms with Crippen molar-refractivity contribution in [3.8, 4) is 5.75 Å². The third-order valence-corrected chi connectivity index (χ3v) is 8.52. The molecule has 0 saturated heterocycles. The molecule has 4 heteroatoms. The van der Waals surface area contributed by atoms with Crippen LogP contribution in [0, 0.1) is 6.92 Å². The minimum absolute atomic E-state index is 0.251. The van der Waals surface area contributed by atoms with E-state index in [1.54, 1.807) is 0 Å². The van der Waals surface area contributed by atoms with Gasteiger partial charge in [0.25, 0.3) is 0 Å². The number of aryl methyl sites for hydroxylation is 1. The van der Waals surface area contributed by atoms with Gasteiger partial charge < -0.3 is 13.9 Å². The van der Waals surface area contributed by atoms with Crippen molar-refractivity contribution in [2.24, 2.45) is 0 Å². The maximum atomic E-state index is 6.05. The minimum atomic E-state index is -1.64. The van der Waals surface area contributed by atoms with Gasteiger partial charge in [0.2, 0.25) is 0 Å². The second-order valence-corrected chi connectivity index (χ2v) is 11.7. The third-order valence-electron chi connectivity index (χ3n) is 3.98. The first-order valence-corrected chi connectivity index (χ1v) is 10.5. The average Bonchev–Trinajstić information content (AvgIpc) is 2.36. The molecular formula is C17H30O3Si. The number of hydrogen-bond donors (Lipinski definition) is 0. The van der Waals surface area contributed by atoms with Crippen LogP contribution in [0.3, 0.4) is 0 Å². The van der Waals surface area contributed by atoms with E-state index in [0.717, 1.165) is 5.75 Å². The maximum Gasteiger partial charge on any atom is 0.192 e. The molecule has 0 saturated carbocycles. The van der Waals surface area contributed by atoms with Gasteiger partial charge in [-0.2, -0.15) is 0 Å². The molecule has 0 fully saturated rings. The second kappa shape index (κ2) is 7.97. The summed E-state index contributed by atoms with van der Waals surface area (Å²) in [6.45, 7) is 15.8. The van der Waals surface area contributed by atoms with E-state index >= 15 is 0 Å². The standard InChI is InChI=1S/C17H30O3Si/c1-15-8-7-9-16(14-15)19-12-10-18-11-13-20-21(5,6)17(2,3)4/h7-9,14H,10-13H2,1-6H3. The van der Waals surface area contributed by atoms with Crippen molar-refractivity contribution in [1.29, 1.82) is 0 Å². The molecule has 0 aliphatic heterocycles. The van der Waals surface area contributed by atoms with Gasteiger partial charge >= 0.3 is 0 Å². The molecular weight excluding hydrogens is 280 g/mol. The van der Waals surface area contributed by atoms with Gasteiger partial charge in [-0.15, -0.1) is 0 Å². The van der Waals surface area contributed by atoms with Crippen LogP contribution in [0.2, 0.25) is 18.1 Å². The van der Waals surface area contributed by atoms with E-state index in [2.05, 4.69) is 46.9 Å². The van der Waals surface area contributed by atoms with E-state index in [9.17, 15) is 0 Å². The summed E-state index contributed by atoms with van der Waals surface area (Å²) in [7, 11) is -1.64. The molecule has 0 aromatic heterocycles. The van der Waals surface area contributed by atoms with E-state index in [0.29, 0.717) is 26.4 Å². The van der Waals surface area contributed by atoms with E-state index in [-0.39, 0.29) is 5.04 Å². The molecule has 0 heterocycles. The Kier molecular flexibility index (Phi) is 6.91. The summed E-state index contributed by atoms with van der Waals surface area (Å²) in [5.74, 6) is 0.899. The zero-order valence-electron chi connectivity index (χ0n) is 14.4. The first-order valence-electron chi connectivity index (χ1n) is 7.63. The number of rotatable bonds is 8. The van der Waals surface area contributed by atoms with Gasteiger partial charge in [-0.25, -0.2) is 0 Å².